The van der Waals surface area contributed by atoms with Crippen molar-refractivity contribution < 1.29 is 32.5 Å². The maximum atomic E-state index is 10.6. The fourth-order valence-electron chi connectivity index (χ4n) is 3.66. The van der Waals surface area contributed by atoms with Crippen LogP contribution in [0.15, 0.2) is 17.5 Å². The molecule has 158 valence electrons. The molecule has 0 radical (unpaired) electrons. The minimum atomic E-state index is -5.08. The Kier molecular flexibility index (Phi) is 7.36. The molecule has 3 aliphatic rings. The Labute approximate surface area is 166 Å². The van der Waals surface area contributed by atoms with Gasteiger partial charge in [-0.25, -0.2) is 4.79 Å². The standard InChI is InChI=1S/C17H25NO2S.C2HF3O2/c1-2-15(21-9-1)10-18-8-7-17-16(18)6-5-14(20-17)12-19-11-13-3-4-13;3-2(4,5)1(6)7/h1-2,9,13-14,16-17H,3-8,10-12H2;(H,6,7)/t14-,16-,17-;/m0./s1. The van der Waals surface area contributed by atoms with Gasteiger partial charge in [0.15, 0.2) is 0 Å². The molecule has 1 aromatic rings. The molecule has 1 aliphatic carbocycles. The molecule has 1 aromatic heterocycles. The van der Waals surface area contributed by atoms with Gasteiger partial charge in [0.05, 0.1) is 18.8 Å². The van der Waals surface area contributed by atoms with Gasteiger partial charge in [-0.2, -0.15) is 13.2 Å². The smallest absolute Gasteiger partial charge is 0.475 e. The van der Waals surface area contributed by atoms with Crippen LogP contribution in [0.25, 0.3) is 0 Å². The number of rotatable bonds is 6. The number of nitrogens with zero attached hydrogens (tertiary/aromatic N) is 1. The molecule has 0 bridgehead atoms. The molecule has 1 saturated carbocycles. The highest BCUT2D eigenvalue weighted by atomic mass is 32.1. The van der Waals surface area contributed by atoms with E-state index in [0.717, 1.165) is 32.1 Å². The molecule has 0 aromatic carbocycles. The number of carbonyl (C=O) groups is 1. The lowest BCUT2D eigenvalue weighted by Gasteiger charge is -2.35. The van der Waals surface area contributed by atoms with Crippen molar-refractivity contribution in [1.29, 1.82) is 0 Å². The highest BCUT2D eigenvalue weighted by Gasteiger charge is 2.40. The number of thiophene rings is 1. The second kappa shape index (κ2) is 9.56. The van der Waals surface area contributed by atoms with Crippen molar-refractivity contribution in [1.82, 2.24) is 4.90 Å². The first-order valence-electron chi connectivity index (χ1n) is 9.62. The molecule has 3 heterocycles. The van der Waals surface area contributed by atoms with Crippen molar-refractivity contribution in [3.63, 3.8) is 0 Å². The molecule has 28 heavy (non-hydrogen) atoms. The normalized spacial score (nSPS) is 27.8. The molecule has 5 nitrogen and oxygen atoms in total. The Hall–Kier alpha value is -1.16. The summed E-state index contributed by atoms with van der Waals surface area (Å²) in [6, 6.07) is 5.03. The molecule has 2 aliphatic heterocycles. The van der Waals surface area contributed by atoms with Crippen LogP contribution in [0, 0.1) is 5.92 Å². The van der Waals surface area contributed by atoms with E-state index in [-0.39, 0.29) is 0 Å². The van der Waals surface area contributed by atoms with Crippen LogP contribution in [0.5, 0.6) is 0 Å². The number of hydrogen-bond acceptors (Lipinski definition) is 5. The summed E-state index contributed by atoms with van der Waals surface area (Å²) in [6.45, 7) is 4.05. The van der Waals surface area contributed by atoms with Crippen molar-refractivity contribution in [2.24, 2.45) is 5.92 Å². The molecule has 1 N–H and O–H groups in total. The molecule has 0 spiro atoms. The zero-order valence-electron chi connectivity index (χ0n) is 15.6. The summed E-state index contributed by atoms with van der Waals surface area (Å²) in [5.41, 5.74) is 0. The van der Waals surface area contributed by atoms with Gasteiger partial charge in [0.1, 0.15) is 0 Å². The lowest BCUT2D eigenvalue weighted by Crippen LogP contribution is -2.43. The molecular formula is C19H26F3NO4S. The van der Waals surface area contributed by atoms with Crippen LogP contribution in [-0.4, -0.2) is 60.2 Å². The van der Waals surface area contributed by atoms with E-state index in [1.165, 1.54) is 37.1 Å². The van der Waals surface area contributed by atoms with Crippen molar-refractivity contribution >= 4 is 17.3 Å². The third kappa shape index (κ3) is 6.43. The summed E-state index contributed by atoms with van der Waals surface area (Å²) in [6.07, 6.45) is 2.05. The minimum absolute atomic E-state index is 0.340. The van der Waals surface area contributed by atoms with Gasteiger partial charge in [-0.15, -0.1) is 11.3 Å². The van der Waals surface area contributed by atoms with Gasteiger partial charge in [0.2, 0.25) is 0 Å². The van der Waals surface area contributed by atoms with Gasteiger partial charge in [-0.1, -0.05) is 6.07 Å². The van der Waals surface area contributed by atoms with Gasteiger partial charge in [0.25, 0.3) is 0 Å². The van der Waals surface area contributed by atoms with E-state index in [2.05, 4.69) is 22.4 Å². The SMILES string of the molecule is O=C(O)C(F)(F)F.c1csc(CN2CC[C@@H]3O[C@H](COCC4CC4)CC[C@@H]32)c1. The zero-order chi connectivity index (χ0) is 20.1. The number of fused-ring (bicyclic) bond motifs is 1. The van der Waals surface area contributed by atoms with Gasteiger partial charge < -0.3 is 14.6 Å². The lowest BCUT2D eigenvalue weighted by atomic mass is 9.99. The second-order valence-corrected chi connectivity index (χ2v) is 8.60. The number of carboxylic acid groups (broad SMARTS) is 1. The predicted molar refractivity (Wildman–Crippen MR) is 98.3 cm³/mol. The molecule has 0 unspecified atom stereocenters. The molecule has 4 rings (SSSR count). The van der Waals surface area contributed by atoms with Crippen molar-refractivity contribution in [3.05, 3.63) is 22.4 Å². The van der Waals surface area contributed by atoms with Crippen LogP contribution in [0.2, 0.25) is 0 Å². The Morgan fingerprint density at radius 3 is 2.61 bits per heavy atom. The van der Waals surface area contributed by atoms with Gasteiger partial charge >= 0.3 is 12.1 Å². The summed E-state index contributed by atoms with van der Waals surface area (Å²) in [5.74, 6) is -1.90. The van der Waals surface area contributed by atoms with Crippen molar-refractivity contribution in [3.8, 4) is 0 Å². The fourth-order valence-corrected chi connectivity index (χ4v) is 4.39. The Bertz CT molecular complexity index is 621. The summed E-state index contributed by atoms with van der Waals surface area (Å²) >= 11 is 1.87. The van der Waals surface area contributed by atoms with E-state index in [1.54, 1.807) is 0 Å². The largest absolute Gasteiger partial charge is 0.490 e. The van der Waals surface area contributed by atoms with Crippen LogP contribution in [0.4, 0.5) is 13.2 Å². The highest BCUT2D eigenvalue weighted by Crippen LogP contribution is 2.33. The van der Waals surface area contributed by atoms with Crippen LogP contribution in [-0.2, 0) is 20.8 Å². The zero-order valence-corrected chi connectivity index (χ0v) is 16.4. The average molecular weight is 421 g/mol. The molecular weight excluding hydrogens is 395 g/mol. The van der Waals surface area contributed by atoms with Crippen LogP contribution in [0.1, 0.15) is 37.0 Å². The number of aliphatic carboxylic acids is 1. The highest BCUT2D eigenvalue weighted by molar-refractivity contribution is 7.09. The number of alkyl halides is 3. The maximum Gasteiger partial charge on any atom is 0.490 e. The van der Waals surface area contributed by atoms with Crippen LogP contribution < -0.4 is 0 Å². The summed E-state index contributed by atoms with van der Waals surface area (Å²) in [5, 5.41) is 9.30. The Morgan fingerprint density at radius 2 is 2.00 bits per heavy atom. The maximum absolute atomic E-state index is 10.6. The summed E-state index contributed by atoms with van der Waals surface area (Å²) in [4.78, 5) is 13.0. The number of ether oxygens (including phenoxy) is 2. The van der Waals surface area contributed by atoms with E-state index < -0.39 is 12.1 Å². The third-order valence-corrected chi connectivity index (χ3v) is 6.15. The van der Waals surface area contributed by atoms with Crippen molar-refractivity contribution in [2.75, 3.05) is 19.8 Å². The number of hydrogen-bond donors (Lipinski definition) is 1. The summed E-state index contributed by atoms with van der Waals surface area (Å²) < 4.78 is 43.9. The quantitative estimate of drug-likeness (QED) is 0.754. The van der Waals surface area contributed by atoms with Gasteiger partial charge in [-0.3, -0.25) is 4.90 Å². The number of likely N-dealkylation sites (tertiary alicyclic amines) is 1. The fraction of sp³-hybridized carbons (Fsp3) is 0.737. The lowest BCUT2D eigenvalue weighted by molar-refractivity contribution is -0.192. The van der Waals surface area contributed by atoms with Gasteiger partial charge in [0, 0.05) is 30.6 Å². The Balaban J connectivity index is 0.000000279. The monoisotopic (exact) mass is 421 g/mol. The van der Waals surface area contributed by atoms with Gasteiger partial charge in [-0.05, 0) is 49.5 Å². The van der Waals surface area contributed by atoms with E-state index in [0.29, 0.717) is 18.2 Å². The minimum Gasteiger partial charge on any atom is -0.475 e. The average Bonchev–Trinajstić information content (AvgIpc) is 3.16. The molecule has 0 amide bonds. The topological polar surface area (TPSA) is 59.0 Å². The van der Waals surface area contributed by atoms with E-state index >= 15 is 0 Å². The van der Waals surface area contributed by atoms with Crippen LogP contribution in [0.3, 0.4) is 0 Å². The first kappa shape index (κ1) is 21.5. The predicted octanol–water partition coefficient (Wildman–Crippen LogP) is 3.93. The first-order valence-corrected chi connectivity index (χ1v) is 10.5. The number of halogens is 3. The van der Waals surface area contributed by atoms with E-state index in [1.807, 2.05) is 11.3 Å². The molecule has 2 saturated heterocycles. The summed E-state index contributed by atoms with van der Waals surface area (Å²) in [7, 11) is 0. The Morgan fingerprint density at radius 1 is 1.25 bits per heavy atom. The first-order chi connectivity index (χ1) is 13.3. The van der Waals surface area contributed by atoms with Crippen LogP contribution >= 0.6 is 11.3 Å². The molecule has 3 fully saturated rings. The van der Waals surface area contributed by atoms with Crippen molar-refractivity contribution in [2.45, 2.75) is 63.1 Å². The van der Waals surface area contributed by atoms with E-state index in [4.69, 9.17) is 19.4 Å². The molecule has 3 atom stereocenters. The molecule has 9 heteroatoms. The second-order valence-electron chi connectivity index (χ2n) is 7.56. The van der Waals surface area contributed by atoms with E-state index in [9.17, 15) is 13.2 Å². The third-order valence-electron chi connectivity index (χ3n) is 5.29. The number of carboxylic acids is 1.